The number of nitrogens with two attached hydrogens (primary N) is 1. The number of hydrogen-bond acceptors (Lipinski definition) is 3. The van der Waals surface area contributed by atoms with Crippen molar-refractivity contribution in [1.82, 2.24) is 4.98 Å². The van der Waals surface area contributed by atoms with Gasteiger partial charge in [-0.2, -0.15) is 0 Å². The molecule has 0 bridgehead atoms. The minimum Gasteiger partial charge on any atom is -0.357 e. The van der Waals surface area contributed by atoms with E-state index in [1.807, 2.05) is 12.1 Å². The lowest BCUT2D eigenvalue weighted by molar-refractivity contribution is 0.385. The Bertz CT molecular complexity index is 597. The van der Waals surface area contributed by atoms with Crippen LogP contribution < -0.4 is 10.6 Å². The molecule has 0 atom stereocenters. The summed E-state index contributed by atoms with van der Waals surface area (Å²) in [5.74, 6) is 1.54. The van der Waals surface area contributed by atoms with Gasteiger partial charge in [0, 0.05) is 18.5 Å². The fraction of sp³-hybridized carbons (Fsp3) is 0.438. The van der Waals surface area contributed by atoms with Crippen LogP contribution in [0.4, 0.5) is 10.2 Å². The molecule has 1 aliphatic heterocycles. The van der Waals surface area contributed by atoms with Crippen molar-refractivity contribution < 1.29 is 4.39 Å². The second-order valence-electron chi connectivity index (χ2n) is 5.51. The molecule has 21 heavy (non-hydrogen) atoms. The van der Waals surface area contributed by atoms with Gasteiger partial charge in [-0.3, -0.25) is 0 Å². The first-order valence-electron chi connectivity index (χ1n) is 7.27. The molecule has 2 aromatic rings. The lowest BCUT2D eigenvalue weighted by Crippen LogP contribution is -2.34. The van der Waals surface area contributed by atoms with Gasteiger partial charge in [-0.15, -0.1) is 12.4 Å². The number of aromatic nitrogens is 1. The smallest absolute Gasteiger partial charge is 0.129 e. The van der Waals surface area contributed by atoms with Gasteiger partial charge in [0.05, 0.1) is 5.52 Å². The molecule has 0 unspecified atom stereocenters. The Labute approximate surface area is 130 Å². The molecule has 1 aliphatic rings. The first-order chi connectivity index (χ1) is 9.76. The number of halogens is 2. The largest absolute Gasteiger partial charge is 0.357 e. The van der Waals surface area contributed by atoms with Gasteiger partial charge in [0.2, 0.25) is 0 Å². The SMILES string of the molecule is Cl.NCCC1CCN(c2ccc3cc(F)ccc3n2)CC1. The van der Waals surface area contributed by atoms with E-state index in [1.54, 1.807) is 6.07 Å². The molecular weight excluding hydrogens is 289 g/mol. The van der Waals surface area contributed by atoms with Crippen LogP contribution in [0.1, 0.15) is 19.3 Å². The van der Waals surface area contributed by atoms with Crippen LogP contribution in [0.5, 0.6) is 0 Å². The van der Waals surface area contributed by atoms with Crippen LogP contribution in [0.3, 0.4) is 0 Å². The second kappa shape index (κ2) is 7.05. The third-order valence-electron chi connectivity index (χ3n) is 4.15. The summed E-state index contributed by atoms with van der Waals surface area (Å²) in [7, 11) is 0. The monoisotopic (exact) mass is 309 g/mol. The van der Waals surface area contributed by atoms with Crippen molar-refractivity contribution in [1.29, 1.82) is 0 Å². The van der Waals surface area contributed by atoms with Gasteiger partial charge in [0.15, 0.2) is 0 Å². The van der Waals surface area contributed by atoms with Crippen molar-refractivity contribution in [2.24, 2.45) is 11.7 Å². The molecule has 114 valence electrons. The molecule has 1 saturated heterocycles. The van der Waals surface area contributed by atoms with Crippen LogP contribution in [0.25, 0.3) is 10.9 Å². The van der Waals surface area contributed by atoms with Gasteiger partial charge in [0.1, 0.15) is 11.6 Å². The van der Waals surface area contributed by atoms with Gasteiger partial charge in [0.25, 0.3) is 0 Å². The third kappa shape index (κ3) is 3.63. The molecule has 2 N–H and O–H groups in total. The van der Waals surface area contributed by atoms with E-state index in [2.05, 4.69) is 9.88 Å². The van der Waals surface area contributed by atoms with Gasteiger partial charge in [-0.05, 0) is 62.1 Å². The maximum Gasteiger partial charge on any atom is 0.129 e. The number of hydrogen-bond donors (Lipinski definition) is 1. The number of nitrogens with zero attached hydrogens (tertiary/aromatic N) is 2. The summed E-state index contributed by atoms with van der Waals surface area (Å²) >= 11 is 0. The van der Waals surface area contributed by atoms with E-state index in [9.17, 15) is 4.39 Å². The highest BCUT2D eigenvalue weighted by Gasteiger charge is 2.19. The molecule has 3 rings (SSSR count). The molecule has 3 nitrogen and oxygen atoms in total. The average molecular weight is 310 g/mol. The molecule has 2 heterocycles. The van der Waals surface area contributed by atoms with E-state index >= 15 is 0 Å². The van der Waals surface area contributed by atoms with Crippen molar-refractivity contribution in [3.63, 3.8) is 0 Å². The van der Waals surface area contributed by atoms with E-state index in [0.717, 1.165) is 48.7 Å². The van der Waals surface area contributed by atoms with E-state index in [-0.39, 0.29) is 18.2 Å². The number of piperidine rings is 1. The fourth-order valence-corrected chi connectivity index (χ4v) is 2.95. The zero-order valence-electron chi connectivity index (χ0n) is 12.0. The zero-order valence-corrected chi connectivity index (χ0v) is 12.8. The molecule has 1 aromatic heterocycles. The summed E-state index contributed by atoms with van der Waals surface area (Å²) in [6.07, 6.45) is 3.49. The Kier molecular flexibility index (Phi) is 5.37. The zero-order chi connectivity index (χ0) is 13.9. The Morgan fingerprint density at radius 3 is 2.67 bits per heavy atom. The summed E-state index contributed by atoms with van der Waals surface area (Å²) in [6, 6.07) is 8.68. The summed E-state index contributed by atoms with van der Waals surface area (Å²) in [5.41, 5.74) is 6.48. The van der Waals surface area contributed by atoms with Gasteiger partial charge in [-0.1, -0.05) is 0 Å². The highest BCUT2D eigenvalue weighted by molar-refractivity contribution is 5.85. The Hall–Kier alpha value is -1.39. The first kappa shape index (κ1) is 16.0. The summed E-state index contributed by atoms with van der Waals surface area (Å²) in [5, 5.41) is 0.853. The van der Waals surface area contributed by atoms with Crippen molar-refractivity contribution >= 4 is 29.1 Å². The molecule has 5 heteroatoms. The topological polar surface area (TPSA) is 42.1 Å². The lowest BCUT2D eigenvalue weighted by atomic mass is 9.93. The molecule has 0 spiro atoms. The quantitative estimate of drug-likeness (QED) is 0.945. The number of anilines is 1. The molecule has 0 aliphatic carbocycles. The van der Waals surface area contributed by atoms with Crippen LogP contribution in [-0.2, 0) is 0 Å². The molecular formula is C16H21ClFN3. The van der Waals surface area contributed by atoms with Crippen LogP contribution in [0.2, 0.25) is 0 Å². The Morgan fingerprint density at radius 2 is 1.95 bits per heavy atom. The van der Waals surface area contributed by atoms with Crippen LogP contribution >= 0.6 is 12.4 Å². The first-order valence-corrected chi connectivity index (χ1v) is 7.27. The molecule has 0 radical (unpaired) electrons. The molecule has 1 aromatic carbocycles. The van der Waals surface area contributed by atoms with Crippen LogP contribution in [-0.4, -0.2) is 24.6 Å². The molecule has 1 fully saturated rings. The predicted octanol–water partition coefficient (Wildman–Crippen LogP) is 3.36. The minimum absolute atomic E-state index is 0. The number of pyridine rings is 1. The minimum atomic E-state index is -0.213. The standard InChI is InChI=1S/C16H20FN3.ClH/c17-14-2-3-15-13(11-14)1-4-16(19-15)20-9-6-12(5-8-18)7-10-20;/h1-4,11-12H,5-10,18H2;1H. The molecule has 0 amide bonds. The van der Waals surface area contributed by atoms with E-state index in [0.29, 0.717) is 0 Å². The van der Waals surface area contributed by atoms with E-state index < -0.39 is 0 Å². The van der Waals surface area contributed by atoms with E-state index in [4.69, 9.17) is 5.73 Å². The number of rotatable bonds is 3. The maximum absolute atomic E-state index is 13.2. The van der Waals surface area contributed by atoms with Crippen molar-refractivity contribution in [3.8, 4) is 0 Å². The lowest BCUT2D eigenvalue weighted by Gasteiger charge is -2.32. The highest BCUT2D eigenvalue weighted by atomic mass is 35.5. The maximum atomic E-state index is 13.2. The summed E-state index contributed by atoms with van der Waals surface area (Å²) < 4.78 is 13.2. The number of fused-ring (bicyclic) bond motifs is 1. The fourth-order valence-electron chi connectivity index (χ4n) is 2.95. The van der Waals surface area contributed by atoms with Crippen molar-refractivity contribution in [3.05, 3.63) is 36.1 Å². The Balaban J connectivity index is 0.00000161. The molecule has 0 saturated carbocycles. The van der Waals surface area contributed by atoms with Gasteiger partial charge in [-0.25, -0.2) is 9.37 Å². The second-order valence-corrected chi connectivity index (χ2v) is 5.51. The highest BCUT2D eigenvalue weighted by Crippen LogP contribution is 2.25. The van der Waals surface area contributed by atoms with Crippen LogP contribution in [0, 0.1) is 11.7 Å². The van der Waals surface area contributed by atoms with Gasteiger partial charge < -0.3 is 10.6 Å². The van der Waals surface area contributed by atoms with Crippen LogP contribution in [0.15, 0.2) is 30.3 Å². The third-order valence-corrected chi connectivity index (χ3v) is 4.15. The normalized spacial score (nSPS) is 16.0. The van der Waals surface area contributed by atoms with Gasteiger partial charge >= 0.3 is 0 Å². The van der Waals surface area contributed by atoms with Crippen molar-refractivity contribution in [2.45, 2.75) is 19.3 Å². The van der Waals surface area contributed by atoms with Crippen molar-refractivity contribution in [2.75, 3.05) is 24.5 Å². The number of benzene rings is 1. The summed E-state index contributed by atoms with van der Waals surface area (Å²) in [6.45, 7) is 2.85. The Morgan fingerprint density at radius 1 is 1.19 bits per heavy atom. The van der Waals surface area contributed by atoms with E-state index in [1.165, 1.54) is 25.0 Å². The predicted molar refractivity (Wildman–Crippen MR) is 87.6 cm³/mol. The average Bonchev–Trinajstić information content (AvgIpc) is 2.48. The summed E-state index contributed by atoms with van der Waals surface area (Å²) in [4.78, 5) is 6.96.